The fourth-order valence-corrected chi connectivity index (χ4v) is 8.96. The molecule has 0 saturated heterocycles. The van der Waals surface area contributed by atoms with E-state index in [9.17, 15) is 26.9 Å². The molecule has 0 unspecified atom stereocenters. The Balaban J connectivity index is 0.000000208. The van der Waals surface area contributed by atoms with Crippen LogP contribution in [0, 0.1) is 10.1 Å². The van der Waals surface area contributed by atoms with Gasteiger partial charge in [0.05, 0.1) is 51.6 Å². The molecule has 0 bridgehead atoms. The summed E-state index contributed by atoms with van der Waals surface area (Å²) in [6.07, 6.45) is 7.59. The second kappa shape index (κ2) is 17.3. The summed E-state index contributed by atoms with van der Waals surface area (Å²) in [7, 11) is -4.96. The number of rotatable bonds is 13. The van der Waals surface area contributed by atoms with Gasteiger partial charge in [-0.2, -0.15) is 0 Å². The topological polar surface area (TPSA) is 224 Å². The van der Waals surface area contributed by atoms with Crippen molar-refractivity contribution in [2.45, 2.75) is 60.4 Å². The lowest BCUT2D eigenvalue weighted by atomic mass is 9.94. The minimum atomic E-state index is -3.87. The van der Waals surface area contributed by atoms with E-state index in [0.717, 1.165) is 50.7 Å². The summed E-state index contributed by atoms with van der Waals surface area (Å²) in [4.78, 5) is 18.0. The first-order valence-corrected chi connectivity index (χ1v) is 20.4. The summed E-state index contributed by atoms with van der Waals surface area (Å²) in [5.74, 6) is 0.0944. The van der Waals surface area contributed by atoms with Gasteiger partial charge in [-0.3, -0.25) is 10.1 Å². The fourth-order valence-electron chi connectivity index (χ4n) is 4.90. The van der Waals surface area contributed by atoms with Crippen molar-refractivity contribution in [3.05, 3.63) is 79.0 Å². The van der Waals surface area contributed by atoms with E-state index in [4.69, 9.17) is 71.1 Å². The number of nitro groups is 1. The molecule has 2 heterocycles. The Morgan fingerprint density at radius 2 is 1.07 bits per heavy atom. The standard InChI is InChI=1S/C16H15Cl2N3O6S.C16H17Cl2N3O4S/c1-26-13-8-19-15(7-14(13)28(24,25)20-9-3-2-4-9)27-16-11(17)5-10(21(22)23)6-12(16)18;1-24-13-8-20-15(25-16-11(17)5-9(19)6-12(16)18)7-14(13)26(22,23)21-10-3-2-4-10/h5-9,20H,2-4H2,1H3;5-8,10,21H,2-4,19H2,1H3. The first kappa shape index (κ1) is 41.3. The molecule has 2 aliphatic rings. The molecule has 2 aromatic carbocycles. The van der Waals surface area contributed by atoms with Gasteiger partial charge in [-0.1, -0.05) is 59.2 Å². The number of aromatic nitrogens is 2. The number of hydrogen-bond acceptors (Lipinski definition) is 13. The van der Waals surface area contributed by atoms with Crippen LogP contribution in [-0.4, -0.2) is 58.0 Å². The summed E-state index contributed by atoms with van der Waals surface area (Å²) in [6.45, 7) is 0. The normalized spacial score (nSPS) is 14.6. The lowest BCUT2D eigenvalue weighted by Gasteiger charge is -2.26. The Morgan fingerprint density at radius 3 is 1.39 bits per heavy atom. The number of sulfonamides is 2. The second-order valence-electron chi connectivity index (χ2n) is 11.9. The van der Waals surface area contributed by atoms with Crippen molar-refractivity contribution in [3.8, 4) is 34.8 Å². The van der Waals surface area contributed by atoms with Crippen LogP contribution in [0.5, 0.6) is 34.8 Å². The molecule has 4 N–H and O–H groups in total. The van der Waals surface area contributed by atoms with E-state index in [1.54, 1.807) is 0 Å². The van der Waals surface area contributed by atoms with Crippen LogP contribution < -0.4 is 34.1 Å². The Bertz CT molecular complexity index is 2230. The highest BCUT2D eigenvalue weighted by Gasteiger charge is 2.30. The van der Waals surface area contributed by atoms with E-state index in [1.165, 1.54) is 50.9 Å². The molecule has 54 heavy (non-hydrogen) atoms. The van der Waals surface area contributed by atoms with Gasteiger partial charge in [0, 0.05) is 42.0 Å². The Hall–Kier alpha value is -3.88. The number of nitrogen functional groups attached to an aromatic ring is 1. The van der Waals surface area contributed by atoms with E-state index in [1.807, 2.05) is 0 Å². The Labute approximate surface area is 330 Å². The van der Waals surface area contributed by atoms with Crippen molar-refractivity contribution < 1.29 is 40.7 Å². The maximum atomic E-state index is 12.7. The van der Waals surface area contributed by atoms with Crippen molar-refractivity contribution in [2.24, 2.45) is 0 Å². The van der Waals surface area contributed by atoms with Gasteiger partial charge in [0.15, 0.2) is 23.0 Å². The molecule has 2 aromatic heterocycles. The van der Waals surface area contributed by atoms with Crippen LogP contribution in [0.4, 0.5) is 11.4 Å². The molecule has 6 rings (SSSR count). The van der Waals surface area contributed by atoms with Crippen LogP contribution in [0.1, 0.15) is 38.5 Å². The lowest BCUT2D eigenvalue weighted by molar-refractivity contribution is -0.384. The van der Waals surface area contributed by atoms with Gasteiger partial charge in [0.25, 0.3) is 5.69 Å². The highest BCUT2D eigenvalue weighted by Crippen LogP contribution is 2.41. The first-order chi connectivity index (χ1) is 25.5. The molecular weight excluding hydrogens is 834 g/mol. The van der Waals surface area contributed by atoms with Crippen molar-refractivity contribution in [2.75, 3.05) is 20.0 Å². The van der Waals surface area contributed by atoms with Crippen LogP contribution in [-0.2, 0) is 20.0 Å². The maximum Gasteiger partial charge on any atom is 0.272 e. The Kier molecular flexibility index (Phi) is 13.2. The van der Waals surface area contributed by atoms with Crippen molar-refractivity contribution >= 4 is 77.8 Å². The number of ether oxygens (including phenoxy) is 4. The van der Waals surface area contributed by atoms with E-state index in [-0.39, 0.29) is 82.4 Å². The number of nitrogens with one attached hydrogen (secondary N) is 2. The number of hydrogen-bond donors (Lipinski definition) is 3. The highest BCUT2D eigenvalue weighted by molar-refractivity contribution is 7.90. The van der Waals surface area contributed by atoms with Crippen molar-refractivity contribution in [1.29, 1.82) is 0 Å². The molecule has 4 aromatic rings. The van der Waals surface area contributed by atoms with Crippen LogP contribution in [0.25, 0.3) is 0 Å². The number of benzene rings is 2. The van der Waals surface area contributed by atoms with Gasteiger partial charge in [0.1, 0.15) is 9.79 Å². The molecule has 2 saturated carbocycles. The zero-order chi connectivity index (χ0) is 39.4. The summed E-state index contributed by atoms with van der Waals surface area (Å²) in [6, 6.07) is 7.35. The van der Waals surface area contributed by atoms with E-state index in [0.29, 0.717) is 5.69 Å². The monoisotopic (exact) mass is 864 g/mol. The van der Waals surface area contributed by atoms with Crippen LogP contribution >= 0.6 is 46.4 Å². The number of anilines is 1. The third kappa shape index (κ3) is 9.86. The van der Waals surface area contributed by atoms with Gasteiger partial charge in [-0.15, -0.1) is 0 Å². The molecule has 22 heteroatoms. The predicted octanol–water partition coefficient (Wildman–Crippen LogP) is 7.53. The van der Waals surface area contributed by atoms with E-state index in [2.05, 4.69) is 19.4 Å². The lowest BCUT2D eigenvalue weighted by Crippen LogP contribution is -2.39. The molecule has 2 aliphatic carbocycles. The second-order valence-corrected chi connectivity index (χ2v) is 16.9. The third-order valence-electron chi connectivity index (χ3n) is 8.11. The van der Waals surface area contributed by atoms with Gasteiger partial charge >= 0.3 is 0 Å². The number of methoxy groups -OCH3 is 2. The van der Waals surface area contributed by atoms with Gasteiger partial charge in [-0.05, 0) is 37.8 Å². The molecule has 290 valence electrons. The van der Waals surface area contributed by atoms with Gasteiger partial charge < -0.3 is 24.7 Å². The third-order valence-corrected chi connectivity index (χ3v) is 12.3. The maximum absolute atomic E-state index is 12.7. The van der Waals surface area contributed by atoms with E-state index < -0.39 is 25.0 Å². The minimum Gasteiger partial charge on any atom is -0.494 e. The summed E-state index contributed by atoms with van der Waals surface area (Å²) in [5, 5.41) is 11.0. The molecule has 2 fully saturated rings. The smallest absolute Gasteiger partial charge is 0.272 e. The zero-order valence-corrected chi connectivity index (χ0v) is 33.0. The number of non-ortho nitro benzene ring substituents is 1. The molecule has 0 radical (unpaired) electrons. The summed E-state index contributed by atoms with van der Waals surface area (Å²) >= 11 is 24.2. The first-order valence-electron chi connectivity index (χ1n) is 15.9. The molecule has 0 spiro atoms. The van der Waals surface area contributed by atoms with Gasteiger partial charge in [-0.25, -0.2) is 36.2 Å². The number of pyridine rings is 2. The van der Waals surface area contributed by atoms with Crippen LogP contribution in [0.3, 0.4) is 0 Å². The van der Waals surface area contributed by atoms with Crippen LogP contribution in [0.2, 0.25) is 20.1 Å². The van der Waals surface area contributed by atoms with Crippen molar-refractivity contribution in [3.63, 3.8) is 0 Å². The SMILES string of the molecule is COc1cnc(Oc2c(Cl)cc(N)cc2Cl)cc1S(=O)(=O)NC1CCC1.COc1cnc(Oc2c(Cl)cc([N+](=O)[O-])cc2Cl)cc1S(=O)(=O)NC1CCC1. The predicted molar refractivity (Wildman–Crippen MR) is 202 cm³/mol. The minimum absolute atomic E-state index is 0.00774. The molecular formula is C32H32Cl4N6O10S2. The number of nitro benzene ring substituents is 1. The zero-order valence-electron chi connectivity index (χ0n) is 28.3. The average molecular weight is 867 g/mol. The average Bonchev–Trinajstić information content (AvgIpc) is 3.08. The fraction of sp³-hybridized carbons (Fsp3) is 0.312. The van der Waals surface area contributed by atoms with E-state index >= 15 is 0 Å². The summed E-state index contributed by atoms with van der Waals surface area (Å²) in [5.41, 5.74) is 5.73. The molecule has 0 aliphatic heterocycles. The number of nitrogens with zero attached hydrogens (tertiary/aromatic N) is 3. The summed E-state index contributed by atoms with van der Waals surface area (Å²) < 4.78 is 77.2. The Morgan fingerprint density at radius 1 is 0.704 bits per heavy atom. The molecule has 0 amide bonds. The van der Waals surface area contributed by atoms with Crippen LogP contribution in [0.15, 0.2) is 58.6 Å². The highest BCUT2D eigenvalue weighted by atomic mass is 35.5. The number of halogens is 4. The quantitative estimate of drug-likeness (QED) is 0.0672. The van der Waals surface area contributed by atoms with Crippen molar-refractivity contribution in [1.82, 2.24) is 19.4 Å². The number of nitrogens with two attached hydrogens (primary N) is 1. The van der Waals surface area contributed by atoms with Gasteiger partial charge in [0.2, 0.25) is 31.8 Å². The largest absolute Gasteiger partial charge is 0.494 e. The molecule has 16 nitrogen and oxygen atoms in total. The molecule has 0 atom stereocenters.